The molecular formula is C16H26FN2O2+. The molecule has 1 unspecified atom stereocenters. The fourth-order valence-corrected chi connectivity index (χ4v) is 2.26. The Balaban J connectivity index is 2.77. The van der Waals surface area contributed by atoms with Crippen LogP contribution in [0.1, 0.15) is 33.3 Å². The largest absolute Gasteiger partial charge is 0.494 e. The highest BCUT2D eigenvalue weighted by molar-refractivity contribution is 5.80. The number of hydrogen-bond acceptors (Lipinski definition) is 2. The van der Waals surface area contributed by atoms with Crippen LogP contribution >= 0.6 is 0 Å². The zero-order chi connectivity index (χ0) is 16.0. The van der Waals surface area contributed by atoms with Gasteiger partial charge < -0.3 is 15.0 Å². The highest BCUT2D eigenvalue weighted by Gasteiger charge is 2.24. The number of quaternary nitrogens is 1. The molecule has 0 saturated carbocycles. The second-order valence-corrected chi connectivity index (χ2v) is 5.54. The fourth-order valence-electron chi connectivity index (χ4n) is 2.26. The van der Waals surface area contributed by atoms with Gasteiger partial charge in [-0.15, -0.1) is 0 Å². The van der Waals surface area contributed by atoms with Gasteiger partial charge in [-0.05, 0) is 45.9 Å². The molecule has 1 amide bonds. The number of nitrogens with one attached hydrogen (secondary N) is 2. The number of benzene rings is 1. The molecule has 0 aliphatic heterocycles. The Kier molecular flexibility index (Phi) is 6.62. The number of likely N-dealkylation sites (N-methyl/N-ethyl adjacent to an activating group) is 1. The van der Waals surface area contributed by atoms with Gasteiger partial charge in [0.05, 0.1) is 13.7 Å². The Morgan fingerprint density at radius 1 is 1.38 bits per heavy atom. The lowest BCUT2D eigenvalue weighted by Crippen LogP contribution is -3.15. The molecule has 2 atom stereocenters. The van der Waals surface area contributed by atoms with E-state index in [0.717, 1.165) is 17.0 Å². The minimum Gasteiger partial charge on any atom is -0.494 e. The third-order valence-electron chi connectivity index (χ3n) is 3.54. The molecule has 0 aromatic heterocycles. The van der Waals surface area contributed by atoms with Crippen molar-refractivity contribution in [2.24, 2.45) is 0 Å². The van der Waals surface area contributed by atoms with Crippen molar-refractivity contribution >= 4 is 5.91 Å². The molecule has 0 fully saturated rings. The standard InChI is InChI=1S/C16H25FN2O2/c1-6-19(12(4)16(20)18-11(2)3)10-13-7-8-15(21-5)14(17)9-13/h7-9,11-12H,6,10H2,1-5H3,(H,18,20)/p+1/t12-/m0/s1. The first-order valence-corrected chi connectivity index (χ1v) is 7.36. The van der Waals surface area contributed by atoms with Crippen LogP contribution in [-0.4, -0.2) is 31.6 Å². The molecule has 4 nitrogen and oxygen atoms in total. The van der Waals surface area contributed by atoms with E-state index in [4.69, 9.17) is 4.74 Å². The first-order chi connectivity index (χ1) is 9.88. The molecule has 2 N–H and O–H groups in total. The number of methoxy groups -OCH3 is 1. The van der Waals surface area contributed by atoms with Crippen LogP contribution in [0.4, 0.5) is 4.39 Å². The minimum atomic E-state index is -0.371. The molecule has 0 aliphatic carbocycles. The molecule has 1 aromatic carbocycles. The molecule has 0 radical (unpaired) electrons. The third-order valence-corrected chi connectivity index (χ3v) is 3.54. The van der Waals surface area contributed by atoms with E-state index in [0.29, 0.717) is 6.54 Å². The third kappa shape index (κ3) is 5.01. The van der Waals surface area contributed by atoms with Crippen molar-refractivity contribution in [3.05, 3.63) is 29.6 Å². The first-order valence-electron chi connectivity index (χ1n) is 7.36. The van der Waals surface area contributed by atoms with Crippen LogP contribution < -0.4 is 15.0 Å². The summed E-state index contributed by atoms with van der Waals surface area (Å²) >= 11 is 0. The predicted molar refractivity (Wildman–Crippen MR) is 80.9 cm³/mol. The molecule has 0 aliphatic rings. The van der Waals surface area contributed by atoms with Crippen LogP contribution in [0.15, 0.2) is 18.2 Å². The van der Waals surface area contributed by atoms with Gasteiger partial charge in [0.2, 0.25) is 0 Å². The van der Waals surface area contributed by atoms with E-state index in [1.165, 1.54) is 13.2 Å². The van der Waals surface area contributed by atoms with Crippen molar-refractivity contribution < 1.29 is 18.8 Å². The van der Waals surface area contributed by atoms with Crippen LogP contribution in [-0.2, 0) is 11.3 Å². The zero-order valence-corrected chi connectivity index (χ0v) is 13.5. The van der Waals surface area contributed by atoms with E-state index in [9.17, 15) is 9.18 Å². The average Bonchev–Trinajstić information content (AvgIpc) is 2.43. The molecule has 0 saturated heterocycles. The normalized spacial score (nSPS) is 13.9. The van der Waals surface area contributed by atoms with Crippen LogP contribution in [0.5, 0.6) is 5.75 Å². The maximum atomic E-state index is 13.7. The fraction of sp³-hybridized carbons (Fsp3) is 0.562. The van der Waals surface area contributed by atoms with Gasteiger partial charge >= 0.3 is 0 Å². The van der Waals surface area contributed by atoms with Crippen molar-refractivity contribution in [3.63, 3.8) is 0 Å². The zero-order valence-electron chi connectivity index (χ0n) is 13.5. The Labute approximate surface area is 126 Å². The van der Waals surface area contributed by atoms with E-state index in [1.54, 1.807) is 6.07 Å². The van der Waals surface area contributed by atoms with Gasteiger partial charge in [-0.3, -0.25) is 4.79 Å². The smallest absolute Gasteiger partial charge is 0.278 e. The van der Waals surface area contributed by atoms with Crippen molar-refractivity contribution in [2.45, 2.75) is 46.3 Å². The molecule has 0 heterocycles. The topological polar surface area (TPSA) is 42.8 Å². The summed E-state index contributed by atoms with van der Waals surface area (Å²) in [5.74, 6) is -0.108. The van der Waals surface area contributed by atoms with Crippen molar-refractivity contribution in [1.29, 1.82) is 0 Å². The van der Waals surface area contributed by atoms with E-state index < -0.39 is 0 Å². The van der Waals surface area contributed by atoms with Crippen LogP contribution in [0.25, 0.3) is 0 Å². The molecule has 0 bridgehead atoms. The molecule has 21 heavy (non-hydrogen) atoms. The Hall–Kier alpha value is -1.62. The molecule has 1 rings (SSSR count). The average molecular weight is 297 g/mol. The van der Waals surface area contributed by atoms with Crippen LogP contribution in [0.3, 0.4) is 0 Å². The maximum absolute atomic E-state index is 13.7. The van der Waals surface area contributed by atoms with Gasteiger partial charge in [0.15, 0.2) is 17.6 Å². The maximum Gasteiger partial charge on any atom is 0.278 e. The predicted octanol–water partition coefficient (Wildman–Crippen LogP) is 1.15. The number of hydrogen-bond donors (Lipinski definition) is 2. The van der Waals surface area contributed by atoms with Gasteiger partial charge in [0.25, 0.3) is 5.91 Å². The summed E-state index contributed by atoms with van der Waals surface area (Å²) in [7, 11) is 1.44. The molecule has 0 spiro atoms. The van der Waals surface area contributed by atoms with Gasteiger partial charge in [0.1, 0.15) is 6.54 Å². The molecule has 1 aromatic rings. The minimum absolute atomic E-state index is 0.0239. The second kappa shape index (κ2) is 7.98. The summed E-state index contributed by atoms with van der Waals surface area (Å²) in [6, 6.07) is 4.88. The summed E-state index contributed by atoms with van der Waals surface area (Å²) in [6.07, 6.45) is 0. The lowest BCUT2D eigenvalue weighted by molar-refractivity contribution is -0.926. The Morgan fingerprint density at radius 2 is 2.05 bits per heavy atom. The van der Waals surface area contributed by atoms with Crippen molar-refractivity contribution in [1.82, 2.24) is 5.32 Å². The number of amides is 1. The van der Waals surface area contributed by atoms with Crippen molar-refractivity contribution in [2.75, 3.05) is 13.7 Å². The summed E-state index contributed by atoms with van der Waals surface area (Å²) in [5.41, 5.74) is 0.856. The lowest BCUT2D eigenvalue weighted by Gasteiger charge is -2.25. The highest BCUT2D eigenvalue weighted by atomic mass is 19.1. The quantitative estimate of drug-likeness (QED) is 0.793. The summed E-state index contributed by atoms with van der Waals surface area (Å²) < 4.78 is 18.6. The number of ether oxygens (including phenoxy) is 1. The van der Waals surface area contributed by atoms with E-state index in [1.807, 2.05) is 33.8 Å². The number of rotatable bonds is 7. The summed E-state index contributed by atoms with van der Waals surface area (Å²) in [6.45, 7) is 9.19. The monoisotopic (exact) mass is 297 g/mol. The molecule has 118 valence electrons. The number of carbonyl (C=O) groups excluding carboxylic acids is 1. The number of halogens is 1. The molecular weight excluding hydrogens is 271 g/mol. The van der Waals surface area contributed by atoms with Crippen LogP contribution in [0.2, 0.25) is 0 Å². The van der Waals surface area contributed by atoms with Gasteiger partial charge in [-0.2, -0.15) is 0 Å². The van der Waals surface area contributed by atoms with Crippen LogP contribution in [0, 0.1) is 5.82 Å². The Bertz CT molecular complexity index is 477. The highest BCUT2D eigenvalue weighted by Crippen LogP contribution is 2.17. The van der Waals surface area contributed by atoms with Gasteiger partial charge in [-0.25, -0.2) is 4.39 Å². The molecule has 5 heteroatoms. The van der Waals surface area contributed by atoms with E-state index in [2.05, 4.69) is 5.32 Å². The summed E-state index contributed by atoms with van der Waals surface area (Å²) in [5, 5.41) is 2.92. The van der Waals surface area contributed by atoms with E-state index in [-0.39, 0.29) is 29.6 Å². The van der Waals surface area contributed by atoms with E-state index >= 15 is 0 Å². The van der Waals surface area contributed by atoms with Gasteiger partial charge in [0, 0.05) is 11.6 Å². The van der Waals surface area contributed by atoms with Crippen molar-refractivity contribution in [3.8, 4) is 5.75 Å². The second-order valence-electron chi connectivity index (χ2n) is 5.54. The first kappa shape index (κ1) is 17.4. The Morgan fingerprint density at radius 3 is 2.52 bits per heavy atom. The van der Waals surface area contributed by atoms with Gasteiger partial charge in [-0.1, -0.05) is 0 Å². The lowest BCUT2D eigenvalue weighted by atomic mass is 10.1. The summed E-state index contributed by atoms with van der Waals surface area (Å²) in [4.78, 5) is 13.2. The SMILES string of the molecule is CC[NH+](Cc1ccc(OC)c(F)c1)[C@@H](C)C(=O)NC(C)C. The number of carbonyl (C=O) groups is 1.